The van der Waals surface area contributed by atoms with Gasteiger partial charge in [0, 0.05) is 49.6 Å². The van der Waals surface area contributed by atoms with Crippen LogP contribution in [0.4, 0.5) is 0 Å². The zero-order valence-corrected chi connectivity index (χ0v) is 21.1. The van der Waals surface area contributed by atoms with Gasteiger partial charge in [-0.15, -0.1) is 0 Å². The van der Waals surface area contributed by atoms with Crippen LogP contribution in [0.5, 0.6) is 23.0 Å². The van der Waals surface area contributed by atoms with Crippen LogP contribution in [-0.2, 0) is 11.3 Å². The summed E-state index contributed by atoms with van der Waals surface area (Å²) in [7, 11) is 4.56. The summed E-state index contributed by atoms with van der Waals surface area (Å²) in [6.45, 7) is 6.51. The smallest absolute Gasteiger partial charge is 0.258 e. The van der Waals surface area contributed by atoms with Gasteiger partial charge in [-0.05, 0) is 19.4 Å². The Labute approximate surface area is 210 Å². The van der Waals surface area contributed by atoms with Crippen molar-refractivity contribution < 1.29 is 23.7 Å². The van der Waals surface area contributed by atoms with Crippen LogP contribution in [-0.4, -0.2) is 63.6 Å². The van der Waals surface area contributed by atoms with E-state index in [1.807, 2.05) is 6.92 Å². The molecule has 36 heavy (non-hydrogen) atoms. The second-order valence-corrected chi connectivity index (χ2v) is 8.70. The molecule has 10 heteroatoms. The van der Waals surface area contributed by atoms with Crippen LogP contribution in [0.1, 0.15) is 29.2 Å². The summed E-state index contributed by atoms with van der Waals surface area (Å²) in [5.74, 6) is 0.827. The van der Waals surface area contributed by atoms with E-state index in [1.54, 1.807) is 22.8 Å². The van der Waals surface area contributed by atoms with Crippen molar-refractivity contribution in [2.45, 2.75) is 25.8 Å². The van der Waals surface area contributed by atoms with Gasteiger partial charge >= 0.3 is 0 Å². The van der Waals surface area contributed by atoms with E-state index in [0.29, 0.717) is 40.7 Å². The van der Waals surface area contributed by atoms with Crippen molar-refractivity contribution in [3.8, 4) is 29.1 Å². The third-order valence-electron chi connectivity index (χ3n) is 6.70. The number of nitriles is 1. The number of hydrogen-bond donors (Lipinski definition) is 1. The Hall–Kier alpha value is -3.68. The number of nitrogens with zero attached hydrogens (tertiary/aromatic N) is 3. The van der Waals surface area contributed by atoms with E-state index in [1.165, 1.54) is 21.3 Å². The van der Waals surface area contributed by atoms with Crippen molar-refractivity contribution in [3.05, 3.63) is 56.8 Å². The number of rotatable bonds is 8. The minimum absolute atomic E-state index is 0.0456. The molecule has 2 N–H and O–H groups in total. The van der Waals surface area contributed by atoms with E-state index in [0.717, 1.165) is 45.0 Å². The second-order valence-electron chi connectivity index (χ2n) is 8.70. The highest BCUT2D eigenvalue weighted by Crippen LogP contribution is 2.46. The number of aromatic nitrogens is 1. The molecular formula is C26H32N4O6. The number of allylic oxidation sites excluding steroid dienone is 1. The highest BCUT2D eigenvalue weighted by atomic mass is 16.5. The van der Waals surface area contributed by atoms with Gasteiger partial charge in [0.15, 0.2) is 11.5 Å². The number of nitrogens with two attached hydrogens (primary N) is 1. The SMILES string of the molecule is COc1cc(OC)c([C@H]2C(C#N)=C(N)Oc3cc(C)n(CCCN4CCOCC4)c(=O)c32)cc1OC. The third-order valence-corrected chi connectivity index (χ3v) is 6.70. The first-order chi connectivity index (χ1) is 17.4. The Kier molecular flexibility index (Phi) is 7.72. The molecule has 1 aromatic heterocycles. The van der Waals surface area contributed by atoms with E-state index in [2.05, 4.69) is 11.0 Å². The molecule has 0 amide bonds. The molecule has 0 bridgehead atoms. The largest absolute Gasteiger partial charge is 0.496 e. The molecule has 1 fully saturated rings. The summed E-state index contributed by atoms with van der Waals surface area (Å²) in [4.78, 5) is 16.3. The summed E-state index contributed by atoms with van der Waals surface area (Å²) >= 11 is 0. The molecule has 0 aliphatic carbocycles. The van der Waals surface area contributed by atoms with E-state index in [4.69, 9.17) is 29.4 Å². The predicted molar refractivity (Wildman–Crippen MR) is 133 cm³/mol. The first-order valence-electron chi connectivity index (χ1n) is 11.8. The molecule has 0 unspecified atom stereocenters. The fourth-order valence-electron chi connectivity index (χ4n) is 4.83. The number of morpholine rings is 1. The Bertz CT molecular complexity index is 1260. The topological polar surface area (TPSA) is 121 Å². The highest BCUT2D eigenvalue weighted by Gasteiger charge is 2.36. The summed E-state index contributed by atoms with van der Waals surface area (Å²) in [6.07, 6.45) is 0.799. The van der Waals surface area contributed by atoms with Gasteiger partial charge in [-0.1, -0.05) is 0 Å². The molecule has 2 aliphatic heterocycles. The number of aryl methyl sites for hydroxylation is 1. The number of pyridine rings is 1. The lowest BCUT2D eigenvalue weighted by Gasteiger charge is -2.29. The van der Waals surface area contributed by atoms with Crippen LogP contribution in [0.15, 0.2) is 34.4 Å². The fraction of sp³-hybridized carbons (Fsp3) is 0.462. The minimum atomic E-state index is -0.799. The molecule has 10 nitrogen and oxygen atoms in total. The lowest BCUT2D eigenvalue weighted by atomic mass is 9.83. The van der Waals surface area contributed by atoms with Crippen molar-refractivity contribution in [1.82, 2.24) is 9.47 Å². The summed E-state index contributed by atoms with van der Waals surface area (Å²) < 4.78 is 29.5. The van der Waals surface area contributed by atoms with Gasteiger partial charge in [0.05, 0.1) is 46.0 Å². The molecule has 1 aromatic carbocycles. The maximum Gasteiger partial charge on any atom is 0.258 e. The molecular weight excluding hydrogens is 464 g/mol. The van der Waals surface area contributed by atoms with Crippen molar-refractivity contribution in [2.24, 2.45) is 5.73 Å². The number of hydrogen-bond acceptors (Lipinski definition) is 9. The summed E-state index contributed by atoms with van der Waals surface area (Å²) in [6, 6.07) is 7.32. The number of methoxy groups -OCH3 is 3. The first-order valence-corrected chi connectivity index (χ1v) is 11.8. The quantitative estimate of drug-likeness (QED) is 0.586. The van der Waals surface area contributed by atoms with E-state index in [9.17, 15) is 10.1 Å². The average Bonchev–Trinajstić information content (AvgIpc) is 2.89. The molecule has 1 saturated heterocycles. The number of benzene rings is 1. The molecule has 1 atom stereocenters. The molecule has 0 spiro atoms. The highest BCUT2D eigenvalue weighted by molar-refractivity contribution is 5.61. The summed E-state index contributed by atoms with van der Waals surface area (Å²) in [5.41, 5.74) is 7.72. The van der Waals surface area contributed by atoms with Crippen molar-refractivity contribution in [1.29, 1.82) is 5.26 Å². The normalized spacial score (nSPS) is 17.7. The zero-order valence-electron chi connectivity index (χ0n) is 21.1. The summed E-state index contributed by atoms with van der Waals surface area (Å²) in [5, 5.41) is 10.0. The Morgan fingerprint density at radius 1 is 1.06 bits per heavy atom. The Balaban J connectivity index is 1.80. The van der Waals surface area contributed by atoms with Crippen LogP contribution in [0.2, 0.25) is 0 Å². The molecule has 3 heterocycles. The average molecular weight is 497 g/mol. The monoisotopic (exact) mass is 496 g/mol. The Morgan fingerprint density at radius 3 is 2.36 bits per heavy atom. The molecule has 192 valence electrons. The van der Waals surface area contributed by atoms with Gasteiger partial charge in [-0.3, -0.25) is 9.69 Å². The van der Waals surface area contributed by atoms with Gasteiger partial charge in [0.2, 0.25) is 5.88 Å². The van der Waals surface area contributed by atoms with Gasteiger partial charge < -0.3 is 34.0 Å². The lowest BCUT2D eigenvalue weighted by Crippen LogP contribution is -2.38. The molecule has 2 aliphatic rings. The zero-order chi connectivity index (χ0) is 25.8. The maximum absolute atomic E-state index is 13.9. The van der Waals surface area contributed by atoms with Crippen LogP contribution in [0.3, 0.4) is 0 Å². The van der Waals surface area contributed by atoms with Gasteiger partial charge in [0.1, 0.15) is 23.1 Å². The van der Waals surface area contributed by atoms with Crippen molar-refractivity contribution in [3.63, 3.8) is 0 Å². The van der Waals surface area contributed by atoms with E-state index >= 15 is 0 Å². The maximum atomic E-state index is 13.9. The van der Waals surface area contributed by atoms with E-state index in [-0.39, 0.29) is 17.0 Å². The second kappa shape index (κ2) is 10.9. The number of ether oxygens (including phenoxy) is 5. The number of fused-ring (bicyclic) bond motifs is 1. The molecule has 2 aromatic rings. The molecule has 0 saturated carbocycles. The fourth-order valence-corrected chi connectivity index (χ4v) is 4.83. The van der Waals surface area contributed by atoms with Gasteiger partial charge in [-0.2, -0.15) is 5.26 Å². The van der Waals surface area contributed by atoms with Crippen LogP contribution in [0.25, 0.3) is 0 Å². The van der Waals surface area contributed by atoms with E-state index < -0.39 is 5.92 Å². The van der Waals surface area contributed by atoms with Crippen LogP contribution >= 0.6 is 0 Å². The first kappa shape index (κ1) is 25.4. The van der Waals surface area contributed by atoms with Gasteiger partial charge in [-0.25, -0.2) is 0 Å². The van der Waals surface area contributed by atoms with Crippen LogP contribution < -0.4 is 30.2 Å². The standard InChI is InChI=1S/C26H32N4O6/c1-16-12-22-24(26(31)30(16)7-5-6-29-8-10-35-11-9-29)23(18(15-27)25(28)36-22)17-13-20(33-3)21(34-4)14-19(17)32-2/h12-14,23H,5-11,28H2,1-4H3/t23-/m0/s1. The Morgan fingerprint density at radius 2 is 1.72 bits per heavy atom. The predicted octanol–water partition coefficient (Wildman–Crippen LogP) is 2.12. The molecule has 0 radical (unpaired) electrons. The lowest BCUT2D eigenvalue weighted by molar-refractivity contribution is 0.0369. The van der Waals surface area contributed by atoms with Crippen LogP contribution in [0, 0.1) is 18.3 Å². The van der Waals surface area contributed by atoms with Crippen molar-refractivity contribution in [2.75, 3.05) is 54.2 Å². The third kappa shape index (κ3) is 4.72. The molecule has 4 rings (SSSR count). The van der Waals surface area contributed by atoms with Crippen molar-refractivity contribution >= 4 is 0 Å². The van der Waals surface area contributed by atoms with Gasteiger partial charge in [0.25, 0.3) is 5.56 Å². The minimum Gasteiger partial charge on any atom is -0.496 e.